The Bertz CT molecular complexity index is 406. The fraction of sp³-hybridized carbons (Fsp3) is 0.462. The molecule has 2 atom stereocenters. The summed E-state index contributed by atoms with van der Waals surface area (Å²) in [5.74, 6) is 0. The van der Waals surface area contributed by atoms with Crippen molar-refractivity contribution in [2.45, 2.75) is 25.0 Å². The van der Waals surface area contributed by atoms with E-state index >= 15 is 0 Å². The van der Waals surface area contributed by atoms with Crippen LogP contribution in [0.2, 0.25) is 0 Å². The van der Waals surface area contributed by atoms with Gasteiger partial charge in [-0.25, -0.2) is 4.79 Å². The van der Waals surface area contributed by atoms with Gasteiger partial charge in [0.25, 0.3) is 0 Å². The second-order valence-corrected chi connectivity index (χ2v) is 4.79. The van der Waals surface area contributed by atoms with Gasteiger partial charge < -0.3 is 15.5 Å². The highest BCUT2D eigenvalue weighted by Crippen LogP contribution is 2.22. The quantitative estimate of drug-likeness (QED) is 0.795. The molecule has 2 saturated heterocycles. The van der Waals surface area contributed by atoms with Crippen LogP contribution in [-0.2, 0) is 6.54 Å². The summed E-state index contributed by atoms with van der Waals surface area (Å²) in [6.07, 6.45) is 1.11. The molecule has 0 aliphatic carbocycles. The summed E-state index contributed by atoms with van der Waals surface area (Å²) in [5, 5.41) is 6.38. The fourth-order valence-corrected chi connectivity index (χ4v) is 2.68. The van der Waals surface area contributed by atoms with Gasteiger partial charge in [-0.1, -0.05) is 30.3 Å². The third-order valence-corrected chi connectivity index (χ3v) is 3.60. The summed E-state index contributed by atoms with van der Waals surface area (Å²) < 4.78 is 0. The van der Waals surface area contributed by atoms with Crippen LogP contribution < -0.4 is 10.6 Å². The van der Waals surface area contributed by atoms with Crippen LogP contribution in [0.4, 0.5) is 4.79 Å². The summed E-state index contributed by atoms with van der Waals surface area (Å²) in [6, 6.07) is 11.0. The molecule has 2 aliphatic heterocycles. The van der Waals surface area contributed by atoms with Gasteiger partial charge in [0.05, 0.1) is 0 Å². The lowest BCUT2D eigenvalue weighted by Crippen LogP contribution is -2.50. The van der Waals surface area contributed by atoms with Gasteiger partial charge in [-0.3, -0.25) is 0 Å². The first-order chi connectivity index (χ1) is 8.33. The minimum atomic E-state index is 0.0721. The minimum Gasteiger partial charge on any atom is -0.334 e. The van der Waals surface area contributed by atoms with Crippen molar-refractivity contribution in [1.82, 2.24) is 15.5 Å². The number of nitrogens with zero attached hydrogens (tertiary/aromatic N) is 1. The van der Waals surface area contributed by atoms with Crippen LogP contribution in [-0.4, -0.2) is 36.1 Å². The standard InChI is InChI=1S/C13H17N3O/c17-13(15-7-10-4-2-1-3-5-10)16-9-11-6-12(16)8-14-11/h1-5,11-12,14H,6-9H2,(H,15,17). The molecule has 0 aromatic heterocycles. The Morgan fingerprint density at radius 2 is 2.24 bits per heavy atom. The van der Waals surface area contributed by atoms with Crippen LogP contribution in [0.15, 0.2) is 30.3 Å². The molecule has 0 saturated carbocycles. The van der Waals surface area contributed by atoms with Crippen molar-refractivity contribution in [3.05, 3.63) is 35.9 Å². The predicted molar refractivity (Wildman–Crippen MR) is 65.6 cm³/mol. The molecule has 0 spiro atoms. The third kappa shape index (κ3) is 2.13. The van der Waals surface area contributed by atoms with Crippen molar-refractivity contribution in [2.24, 2.45) is 0 Å². The van der Waals surface area contributed by atoms with Crippen molar-refractivity contribution in [3.8, 4) is 0 Å². The first-order valence-corrected chi connectivity index (χ1v) is 6.15. The lowest BCUT2D eigenvalue weighted by atomic mass is 10.2. The van der Waals surface area contributed by atoms with E-state index in [1.807, 2.05) is 35.2 Å². The van der Waals surface area contributed by atoms with E-state index in [4.69, 9.17) is 0 Å². The highest BCUT2D eigenvalue weighted by Gasteiger charge is 2.39. The Hall–Kier alpha value is -1.55. The molecule has 2 fully saturated rings. The first-order valence-electron chi connectivity index (χ1n) is 6.15. The Labute approximate surface area is 101 Å². The van der Waals surface area contributed by atoms with E-state index in [1.165, 1.54) is 0 Å². The van der Waals surface area contributed by atoms with Crippen LogP contribution in [0.25, 0.3) is 0 Å². The summed E-state index contributed by atoms with van der Waals surface area (Å²) in [7, 11) is 0. The van der Waals surface area contributed by atoms with Crippen molar-refractivity contribution in [1.29, 1.82) is 0 Å². The number of fused-ring (bicyclic) bond motifs is 2. The van der Waals surface area contributed by atoms with Crippen molar-refractivity contribution < 1.29 is 4.79 Å². The summed E-state index contributed by atoms with van der Waals surface area (Å²) in [5.41, 5.74) is 1.14. The van der Waals surface area contributed by atoms with Crippen molar-refractivity contribution in [3.63, 3.8) is 0 Å². The first kappa shape index (κ1) is 10.6. The molecule has 90 valence electrons. The van der Waals surface area contributed by atoms with Crippen LogP contribution in [0.5, 0.6) is 0 Å². The maximum atomic E-state index is 12.0. The van der Waals surface area contributed by atoms with Crippen molar-refractivity contribution >= 4 is 6.03 Å². The van der Waals surface area contributed by atoms with Crippen molar-refractivity contribution in [2.75, 3.05) is 13.1 Å². The fourth-order valence-electron chi connectivity index (χ4n) is 2.68. The van der Waals surface area contributed by atoms with E-state index in [2.05, 4.69) is 10.6 Å². The summed E-state index contributed by atoms with van der Waals surface area (Å²) in [4.78, 5) is 14.0. The Morgan fingerprint density at radius 1 is 1.41 bits per heavy atom. The lowest BCUT2D eigenvalue weighted by Gasteiger charge is -2.27. The molecule has 4 heteroatoms. The van der Waals surface area contributed by atoms with Gasteiger partial charge in [-0.15, -0.1) is 0 Å². The normalized spacial score (nSPS) is 26.2. The molecule has 2 N–H and O–H groups in total. The molecule has 1 aromatic carbocycles. The SMILES string of the molecule is O=C(NCc1ccccc1)N1CC2CC1CN2. The van der Waals surface area contributed by atoms with E-state index < -0.39 is 0 Å². The molecule has 4 nitrogen and oxygen atoms in total. The number of amides is 2. The number of piperazine rings is 1. The van der Waals surface area contributed by atoms with Gasteiger partial charge in [0.1, 0.15) is 0 Å². The Morgan fingerprint density at radius 3 is 2.88 bits per heavy atom. The number of likely N-dealkylation sites (tertiary alicyclic amines) is 1. The average molecular weight is 231 g/mol. The molecule has 2 bridgehead atoms. The zero-order chi connectivity index (χ0) is 11.7. The van der Waals surface area contributed by atoms with Gasteiger partial charge in [0.2, 0.25) is 0 Å². The van der Waals surface area contributed by atoms with Crippen LogP contribution in [0.3, 0.4) is 0 Å². The minimum absolute atomic E-state index is 0.0721. The van der Waals surface area contributed by atoms with E-state index in [-0.39, 0.29) is 6.03 Å². The Kier molecular flexibility index (Phi) is 2.73. The monoisotopic (exact) mass is 231 g/mol. The second kappa shape index (κ2) is 4.37. The molecule has 1 aromatic rings. The molecule has 2 amide bonds. The van der Waals surface area contributed by atoms with E-state index in [0.717, 1.165) is 25.1 Å². The lowest BCUT2D eigenvalue weighted by molar-refractivity contribution is 0.184. The molecule has 2 aliphatic rings. The van der Waals surface area contributed by atoms with Crippen LogP contribution in [0.1, 0.15) is 12.0 Å². The molecular weight excluding hydrogens is 214 g/mol. The molecule has 0 radical (unpaired) electrons. The van der Waals surface area contributed by atoms with Gasteiger partial charge in [0, 0.05) is 31.7 Å². The number of carbonyl (C=O) groups excluding carboxylic acids is 1. The Balaban J connectivity index is 1.54. The largest absolute Gasteiger partial charge is 0.334 e. The number of hydrogen-bond donors (Lipinski definition) is 2. The predicted octanol–water partition coefficient (Wildman–Crippen LogP) is 0.942. The van der Waals surface area contributed by atoms with Gasteiger partial charge >= 0.3 is 6.03 Å². The molecular formula is C13H17N3O. The molecule has 2 heterocycles. The number of hydrogen-bond acceptors (Lipinski definition) is 2. The van der Waals surface area contributed by atoms with Gasteiger partial charge in [-0.2, -0.15) is 0 Å². The molecule has 3 rings (SSSR count). The summed E-state index contributed by atoms with van der Waals surface area (Å²) in [6.45, 7) is 2.41. The number of benzene rings is 1. The number of rotatable bonds is 2. The number of carbonyl (C=O) groups is 1. The highest BCUT2D eigenvalue weighted by molar-refractivity contribution is 5.75. The van der Waals surface area contributed by atoms with Crippen LogP contribution in [0, 0.1) is 0 Å². The molecule has 2 unspecified atom stereocenters. The van der Waals surface area contributed by atoms with E-state index in [9.17, 15) is 4.79 Å². The zero-order valence-corrected chi connectivity index (χ0v) is 9.73. The maximum Gasteiger partial charge on any atom is 0.318 e. The highest BCUT2D eigenvalue weighted by atomic mass is 16.2. The van der Waals surface area contributed by atoms with Gasteiger partial charge in [-0.05, 0) is 12.0 Å². The second-order valence-electron chi connectivity index (χ2n) is 4.79. The van der Waals surface area contributed by atoms with Crippen LogP contribution >= 0.6 is 0 Å². The molecule has 17 heavy (non-hydrogen) atoms. The summed E-state index contributed by atoms with van der Waals surface area (Å²) >= 11 is 0. The zero-order valence-electron chi connectivity index (χ0n) is 9.73. The van der Waals surface area contributed by atoms with E-state index in [0.29, 0.717) is 18.6 Å². The topological polar surface area (TPSA) is 44.4 Å². The maximum absolute atomic E-state index is 12.0. The van der Waals surface area contributed by atoms with E-state index in [1.54, 1.807) is 0 Å². The van der Waals surface area contributed by atoms with Gasteiger partial charge in [0.15, 0.2) is 0 Å². The number of nitrogens with one attached hydrogen (secondary N) is 2. The third-order valence-electron chi connectivity index (χ3n) is 3.60. The average Bonchev–Trinajstić information content (AvgIpc) is 2.99. The smallest absolute Gasteiger partial charge is 0.318 e. The number of urea groups is 1.